The molecule has 0 radical (unpaired) electrons. The molecule has 1 nitrogen and oxygen atoms in total. The Bertz CT molecular complexity index is 45.3. The third kappa shape index (κ3) is 7.31. The summed E-state index contributed by atoms with van der Waals surface area (Å²) in [5.41, 5.74) is 0. The third-order valence-electron chi connectivity index (χ3n) is 0.876. The van der Waals surface area contributed by atoms with Crippen molar-refractivity contribution in [2.45, 2.75) is 20.3 Å². The van der Waals surface area contributed by atoms with Crippen molar-refractivity contribution >= 4 is 57.7 Å². The Labute approximate surface area is 87.3 Å². The standard InChI is InChI=1S/C5H10O.K.H/c1-3-5(2)4-6;;/h4-5H,3H2,1-2H3;;. The van der Waals surface area contributed by atoms with Gasteiger partial charge in [0.1, 0.15) is 6.29 Å². The Kier molecular flexibility index (Phi) is 11.6. The summed E-state index contributed by atoms with van der Waals surface area (Å²) in [6.45, 7) is 3.91. The van der Waals surface area contributed by atoms with Crippen LogP contribution in [0.2, 0.25) is 0 Å². The zero-order valence-corrected chi connectivity index (χ0v) is 4.27. The zero-order valence-electron chi connectivity index (χ0n) is 4.27. The van der Waals surface area contributed by atoms with Crippen LogP contribution in [0.1, 0.15) is 20.3 Å². The van der Waals surface area contributed by atoms with E-state index in [1.54, 1.807) is 0 Å². The molecule has 0 aliphatic heterocycles. The maximum absolute atomic E-state index is 9.74. The topological polar surface area (TPSA) is 17.1 Å². The molecule has 0 heterocycles. The molecule has 2 heteroatoms. The molecule has 0 aromatic carbocycles. The van der Waals surface area contributed by atoms with Gasteiger partial charge in [-0.15, -0.1) is 0 Å². The fourth-order valence-electron chi connectivity index (χ4n) is 0.0962. The summed E-state index contributed by atoms with van der Waals surface area (Å²) < 4.78 is 0. The molecule has 7 heavy (non-hydrogen) atoms. The molecule has 0 saturated carbocycles. The molecule has 0 rings (SSSR count). The number of aldehydes is 1. The van der Waals surface area contributed by atoms with Crippen LogP contribution >= 0.6 is 0 Å². The van der Waals surface area contributed by atoms with Crippen molar-refractivity contribution in [2.75, 3.05) is 0 Å². The van der Waals surface area contributed by atoms with Crippen LogP contribution < -0.4 is 0 Å². The number of carbonyl (C=O) groups excluding carboxylic acids is 1. The van der Waals surface area contributed by atoms with Gasteiger partial charge in [-0.3, -0.25) is 0 Å². The quantitative estimate of drug-likeness (QED) is 0.391. The van der Waals surface area contributed by atoms with Crippen molar-refractivity contribution in [3.8, 4) is 0 Å². The van der Waals surface area contributed by atoms with Gasteiger partial charge >= 0.3 is 51.4 Å². The molecular weight excluding hydrogens is 115 g/mol. The first-order valence-electron chi connectivity index (χ1n) is 2.26. The van der Waals surface area contributed by atoms with Gasteiger partial charge < -0.3 is 4.79 Å². The minimum atomic E-state index is 0. The predicted molar refractivity (Wildman–Crippen MR) is 32.7 cm³/mol. The fourth-order valence-corrected chi connectivity index (χ4v) is 0.0962. The van der Waals surface area contributed by atoms with Crippen molar-refractivity contribution < 1.29 is 4.79 Å². The van der Waals surface area contributed by atoms with E-state index in [1.165, 1.54) is 0 Å². The first-order valence-corrected chi connectivity index (χ1v) is 2.26. The molecule has 38 valence electrons. The van der Waals surface area contributed by atoms with E-state index >= 15 is 0 Å². The molecule has 1 atom stereocenters. The summed E-state index contributed by atoms with van der Waals surface area (Å²) in [4.78, 5) is 9.74. The summed E-state index contributed by atoms with van der Waals surface area (Å²) in [5.74, 6) is 0.255. The van der Waals surface area contributed by atoms with E-state index in [0.717, 1.165) is 12.7 Å². The van der Waals surface area contributed by atoms with E-state index in [1.807, 2.05) is 13.8 Å². The van der Waals surface area contributed by atoms with Gasteiger partial charge in [0.15, 0.2) is 0 Å². The Morgan fingerprint density at radius 2 is 2.14 bits per heavy atom. The summed E-state index contributed by atoms with van der Waals surface area (Å²) in [6.07, 6.45) is 1.93. The molecule has 0 N–H and O–H groups in total. The van der Waals surface area contributed by atoms with Crippen LogP contribution in [0, 0.1) is 5.92 Å². The van der Waals surface area contributed by atoms with Crippen LogP contribution in [0.3, 0.4) is 0 Å². The van der Waals surface area contributed by atoms with Crippen LogP contribution in [0.25, 0.3) is 0 Å². The van der Waals surface area contributed by atoms with Crippen LogP contribution in [-0.2, 0) is 4.79 Å². The van der Waals surface area contributed by atoms with Crippen LogP contribution in [-0.4, -0.2) is 57.7 Å². The van der Waals surface area contributed by atoms with Gasteiger partial charge in [0.2, 0.25) is 0 Å². The van der Waals surface area contributed by atoms with Crippen LogP contribution in [0.15, 0.2) is 0 Å². The Balaban J connectivity index is 0. The van der Waals surface area contributed by atoms with Crippen LogP contribution in [0.5, 0.6) is 0 Å². The molecule has 0 saturated heterocycles. The second-order valence-corrected chi connectivity index (χ2v) is 1.52. The number of carbonyl (C=O) groups is 1. The van der Waals surface area contributed by atoms with Crippen molar-refractivity contribution in [1.82, 2.24) is 0 Å². The Hall–Kier alpha value is 1.31. The molecule has 1 unspecified atom stereocenters. The van der Waals surface area contributed by atoms with E-state index in [9.17, 15) is 4.79 Å². The van der Waals surface area contributed by atoms with Gasteiger partial charge in [-0.05, 0) is 6.42 Å². The number of rotatable bonds is 2. The van der Waals surface area contributed by atoms with Crippen molar-refractivity contribution in [1.29, 1.82) is 0 Å². The summed E-state index contributed by atoms with van der Waals surface area (Å²) in [6, 6.07) is 0. The molecule has 0 fully saturated rings. The second kappa shape index (κ2) is 7.31. The molecule has 0 spiro atoms. The first-order chi connectivity index (χ1) is 2.81. The minimum absolute atomic E-state index is 0. The van der Waals surface area contributed by atoms with Gasteiger partial charge in [0.05, 0.1) is 0 Å². The molecule has 0 amide bonds. The van der Waals surface area contributed by atoms with E-state index in [4.69, 9.17) is 0 Å². The second-order valence-electron chi connectivity index (χ2n) is 1.52. The van der Waals surface area contributed by atoms with Gasteiger partial charge in [0.25, 0.3) is 0 Å². The fraction of sp³-hybridized carbons (Fsp3) is 0.800. The summed E-state index contributed by atoms with van der Waals surface area (Å²) >= 11 is 0. The average Bonchev–Trinajstić information content (AvgIpc) is 1.65. The molecule has 0 aromatic heterocycles. The monoisotopic (exact) mass is 126 g/mol. The molecular formula is C5H11KO. The van der Waals surface area contributed by atoms with Crippen LogP contribution in [0.4, 0.5) is 0 Å². The number of hydrogen-bond acceptors (Lipinski definition) is 1. The van der Waals surface area contributed by atoms with E-state index in [-0.39, 0.29) is 57.3 Å². The maximum atomic E-state index is 9.74. The SMILES string of the molecule is CCC(C)C=O.[KH]. The summed E-state index contributed by atoms with van der Waals surface area (Å²) in [7, 11) is 0. The van der Waals surface area contributed by atoms with E-state index < -0.39 is 0 Å². The number of hydrogen-bond donors (Lipinski definition) is 0. The third-order valence-corrected chi connectivity index (χ3v) is 0.876. The summed E-state index contributed by atoms with van der Waals surface area (Å²) in [5, 5.41) is 0. The Morgan fingerprint density at radius 3 is 2.14 bits per heavy atom. The average molecular weight is 126 g/mol. The van der Waals surface area contributed by atoms with E-state index in [0.29, 0.717) is 0 Å². The van der Waals surface area contributed by atoms with Gasteiger partial charge in [-0.1, -0.05) is 13.8 Å². The van der Waals surface area contributed by atoms with Gasteiger partial charge in [-0.2, -0.15) is 0 Å². The first kappa shape index (κ1) is 11.1. The van der Waals surface area contributed by atoms with E-state index in [2.05, 4.69) is 0 Å². The van der Waals surface area contributed by atoms with Crippen molar-refractivity contribution in [3.63, 3.8) is 0 Å². The van der Waals surface area contributed by atoms with Gasteiger partial charge in [0, 0.05) is 5.92 Å². The van der Waals surface area contributed by atoms with Crippen molar-refractivity contribution in [2.24, 2.45) is 5.92 Å². The zero-order chi connectivity index (χ0) is 4.99. The molecule has 0 aromatic rings. The molecule has 0 aliphatic rings. The molecule has 0 bridgehead atoms. The predicted octanol–water partition coefficient (Wildman–Crippen LogP) is 0.583. The molecule has 0 aliphatic carbocycles. The van der Waals surface area contributed by atoms with Crippen molar-refractivity contribution in [3.05, 3.63) is 0 Å². The van der Waals surface area contributed by atoms with Gasteiger partial charge in [-0.25, -0.2) is 0 Å². The normalized spacial score (nSPS) is 11.7. The Morgan fingerprint density at radius 1 is 1.71 bits per heavy atom.